The predicted octanol–water partition coefficient (Wildman–Crippen LogP) is 2.11. The van der Waals surface area contributed by atoms with Crippen LogP contribution in [-0.2, 0) is 11.2 Å². The van der Waals surface area contributed by atoms with E-state index < -0.39 is 5.97 Å². The van der Waals surface area contributed by atoms with Gasteiger partial charge in [-0.3, -0.25) is 0 Å². The van der Waals surface area contributed by atoms with Crippen LogP contribution in [-0.4, -0.2) is 48.0 Å². The number of aromatic carboxylic acids is 1. The Morgan fingerprint density at radius 3 is 2.73 bits per heavy atom. The summed E-state index contributed by atoms with van der Waals surface area (Å²) in [5.41, 5.74) is 1.04. The van der Waals surface area contributed by atoms with Gasteiger partial charge in [0, 0.05) is 18.7 Å². The Hall–Kier alpha value is -1.82. The molecule has 0 unspecified atom stereocenters. The number of carboxylic acid groups (broad SMARTS) is 1. The standard InChI is InChI=1S/C16H22N2O4/c1-10-8-18(9-11(2)22-10)14-7-13(16(19)20)12-5-3-4-6-21-15(12)17-14/h7,10-11H,3-6,8-9H2,1-2H3,(H,19,20)/t10-,11+. The maximum Gasteiger partial charge on any atom is 0.336 e. The van der Waals surface area contributed by atoms with Gasteiger partial charge in [0.25, 0.3) is 0 Å². The number of fused-ring (bicyclic) bond motifs is 1. The number of carbonyl (C=O) groups is 1. The topological polar surface area (TPSA) is 71.9 Å². The molecule has 6 heteroatoms. The molecule has 0 aromatic carbocycles. The van der Waals surface area contributed by atoms with Crippen LogP contribution < -0.4 is 9.64 Å². The molecule has 3 heterocycles. The maximum atomic E-state index is 11.6. The molecule has 1 aromatic rings. The minimum Gasteiger partial charge on any atom is -0.478 e. The summed E-state index contributed by atoms with van der Waals surface area (Å²) in [6, 6.07) is 1.68. The lowest BCUT2D eigenvalue weighted by molar-refractivity contribution is -0.00549. The van der Waals surface area contributed by atoms with Crippen LogP contribution >= 0.6 is 0 Å². The van der Waals surface area contributed by atoms with Gasteiger partial charge in [0.15, 0.2) is 0 Å². The van der Waals surface area contributed by atoms with E-state index in [-0.39, 0.29) is 12.2 Å². The fourth-order valence-electron chi connectivity index (χ4n) is 3.19. The molecule has 120 valence electrons. The van der Waals surface area contributed by atoms with Crippen molar-refractivity contribution in [1.82, 2.24) is 4.98 Å². The van der Waals surface area contributed by atoms with Crippen molar-refractivity contribution in [3.63, 3.8) is 0 Å². The highest BCUT2D eigenvalue weighted by molar-refractivity contribution is 5.91. The first-order chi connectivity index (χ1) is 10.5. The molecule has 0 radical (unpaired) electrons. The van der Waals surface area contributed by atoms with E-state index in [0.717, 1.165) is 18.4 Å². The van der Waals surface area contributed by atoms with Crippen LogP contribution in [0.15, 0.2) is 6.07 Å². The Bertz CT molecular complexity index is 566. The fraction of sp³-hybridized carbons (Fsp3) is 0.625. The van der Waals surface area contributed by atoms with Crippen LogP contribution in [0.5, 0.6) is 5.88 Å². The van der Waals surface area contributed by atoms with Gasteiger partial charge in [-0.05, 0) is 39.2 Å². The minimum absolute atomic E-state index is 0.0959. The Morgan fingerprint density at radius 2 is 2.05 bits per heavy atom. The third-order valence-corrected chi connectivity index (χ3v) is 4.11. The third kappa shape index (κ3) is 3.02. The van der Waals surface area contributed by atoms with Crippen molar-refractivity contribution in [2.75, 3.05) is 24.6 Å². The molecule has 3 rings (SSSR count). The molecule has 0 saturated carbocycles. The van der Waals surface area contributed by atoms with E-state index in [0.29, 0.717) is 43.4 Å². The quantitative estimate of drug-likeness (QED) is 0.902. The second-order valence-electron chi connectivity index (χ2n) is 6.08. The Balaban J connectivity index is 1.99. The van der Waals surface area contributed by atoms with Crippen LogP contribution in [0.25, 0.3) is 0 Å². The van der Waals surface area contributed by atoms with Gasteiger partial charge in [-0.15, -0.1) is 0 Å². The Morgan fingerprint density at radius 1 is 1.32 bits per heavy atom. The number of carboxylic acids is 1. The molecule has 1 fully saturated rings. The second-order valence-corrected chi connectivity index (χ2v) is 6.08. The first kappa shape index (κ1) is 15.1. The maximum absolute atomic E-state index is 11.6. The van der Waals surface area contributed by atoms with Crippen LogP contribution in [0.1, 0.15) is 42.6 Å². The van der Waals surface area contributed by atoms with Gasteiger partial charge in [0.05, 0.1) is 24.4 Å². The first-order valence-electron chi connectivity index (χ1n) is 7.85. The van der Waals surface area contributed by atoms with Crippen molar-refractivity contribution in [3.8, 4) is 5.88 Å². The van der Waals surface area contributed by atoms with Gasteiger partial charge >= 0.3 is 5.97 Å². The second kappa shape index (κ2) is 6.12. The molecule has 1 aromatic heterocycles. The van der Waals surface area contributed by atoms with E-state index >= 15 is 0 Å². The Labute approximate surface area is 130 Å². The van der Waals surface area contributed by atoms with Crippen LogP contribution in [0.3, 0.4) is 0 Å². The molecule has 2 atom stereocenters. The van der Waals surface area contributed by atoms with Crippen molar-refractivity contribution < 1.29 is 19.4 Å². The molecule has 0 bridgehead atoms. The number of aromatic nitrogens is 1. The molecule has 22 heavy (non-hydrogen) atoms. The van der Waals surface area contributed by atoms with Gasteiger partial charge < -0.3 is 19.5 Å². The molecular weight excluding hydrogens is 284 g/mol. The lowest BCUT2D eigenvalue weighted by Crippen LogP contribution is -2.46. The SMILES string of the molecule is C[C@@H]1CN(c2cc(C(=O)O)c3c(n2)OCCCC3)C[C@H](C)O1. The molecule has 1 N–H and O–H groups in total. The van der Waals surface area contributed by atoms with E-state index in [1.807, 2.05) is 13.8 Å². The van der Waals surface area contributed by atoms with Crippen LogP contribution in [0.2, 0.25) is 0 Å². The molecule has 1 saturated heterocycles. The van der Waals surface area contributed by atoms with Crippen LogP contribution in [0, 0.1) is 0 Å². The summed E-state index contributed by atoms with van der Waals surface area (Å²) < 4.78 is 11.4. The van der Waals surface area contributed by atoms with Crippen molar-refractivity contribution in [3.05, 3.63) is 17.2 Å². The monoisotopic (exact) mass is 306 g/mol. The lowest BCUT2D eigenvalue weighted by Gasteiger charge is -2.36. The highest BCUT2D eigenvalue weighted by atomic mass is 16.5. The molecule has 0 spiro atoms. The minimum atomic E-state index is -0.917. The van der Waals surface area contributed by atoms with Crippen molar-refractivity contribution in [2.45, 2.75) is 45.3 Å². The summed E-state index contributed by atoms with van der Waals surface area (Å²) in [7, 11) is 0. The lowest BCUT2D eigenvalue weighted by atomic mass is 10.0. The number of morpholine rings is 1. The number of hydrogen-bond acceptors (Lipinski definition) is 5. The van der Waals surface area contributed by atoms with Crippen LogP contribution in [0.4, 0.5) is 5.82 Å². The van der Waals surface area contributed by atoms with Gasteiger partial charge in [-0.25, -0.2) is 4.79 Å². The van der Waals surface area contributed by atoms with Gasteiger partial charge in [0.1, 0.15) is 5.82 Å². The van der Waals surface area contributed by atoms with Crippen molar-refractivity contribution in [2.24, 2.45) is 0 Å². The van der Waals surface area contributed by atoms with E-state index in [9.17, 15) is 9.90 Å². The summed E-state index contributed by atoms with van der Waals surface area (Å²) in [5.74, 6) is 0.235. The molecule has 0 amide bonds. The summed E-state index contributed by atoms with van der Waals surface area (Å²) in [6.07, 6.45) is 2.76. The predicted molar refractivity (Wildman–Crippen MR) is 81.9 cm³/mol. The smallest absolute Gasteiger partial charge is 0.336 e. The zero-order valence-electron chi connectivity index (χ0n) is 13.0. The number of pyridine rings is 1. The van der Waals surface area contributed by atoms with Crippen molar-refractivity contribution in [1.29, 1.82) is 0 Å². The number of rotatable bonds is 2. The average Bonchev–Trinajstić information content (AvgIpc) is 2.70. The first-order valence-corrected chi connectivity index (χ1v) is 7.85. The van der Waals surface area contributed by atoms with Gasteiger partial charge in [0.2, 0.25) is 5.88 Å². The number of anilines is 1. The zero-order chi connectivity index (χ0) is 15.7. The number of hydrogen-bond donors (Lipinski definition) is 1. The molecule has 2 aliphatic heterocycles. The number of nitrogens with zero attached hydrogens (tertiary/aromatic N) is 2. The van der Waals surface area contributed by atoms with E-state index in [4.69, 9.17) is 9.47 Å². The zero-order valence-corrected chi connectivity index (χ0v) is 13.0. The number of ether oxygens (including phenoxy) is 2. The normalized spacial score (nSPS) is 25.1. The van der Waals surface area contributed by atoms with E-state index in [1.165, 1.54) is 0 Å². The van der Waals surface area contributed by atoms with E-state index in [1.54, 1.807) is 6.07 Å². The molecule has 6 nitrogen and oxygen atoms in total. The third-order valence-electron chi connectivity index (χ3n) is 4.11. The molecule has 0 aliphatic carbocycles. The molecular formula is C16H22N2O4. The fourth-order valence-corrected chi connectivity index (χ4v) is 3.19. The largest absolute Gasteiger partial charge is 0.478 e. The summed E-state index contributed by atoms with van der Waals surface area (Å²) in [6.45, 7) is 6.03. The summed E-state index contributed by atoms with van der Waals surface area (Å²) in [5, 5.41) is 9.53. The average molecular weight is 306 g/mol. The van der Waals surface area contributed by atoms with E-state index in [2.05, 4.69) is 9.88 Å². The molecule has 2 aliphatic rings. The van der Waals surface area contributed by atoms with Crippen molar-refractivity contribution >= 4 is 11.8 Å². The highest BCUT2D eigenvalue weighted by Crippen LogP contribution is 2.30. The summed E-state index contributed by atoms with van der Waals surface area (Å²) in [4.78, 5) is 18.3. The summed E-state index contributed by atoms with van der Waals surface area (Å²) >= 11 is 0. The van der Waals surface area contributed by atoms with Gasteiger partial charge in [-0.1, -0.05) is 0 Å². The highest BCUT2D eigenvalue weighted by Gasteiger charge is 2.27. The Kier molecular flexibility index (Phi) is 4.20. The van der Waals surface area contributed by atoms with Gasteiger partial charge in [-0.2, -0.15) is 4.98 Å².